The van der Waals surface area contributed by atoms with E-state index in [9.17, 15) is 0 Å². The highest BCUT2D eigenvalue weighted by Crippen LogP contribution is 2.31. The minimum Gasteiger partial charge on any atom is -0.0888 e. The van der Waals surface area contributed by atoms with E-state index in [2.05, 4.69) is 22.9 Å². The molecule has 9 heavy (non-hydrogen) atoms. The lowest BCUT2D eigenvalue weighted by Gasteiger charge is -2.25. The molecule has 0 spiro atoms. The quantitative estimate of drug-likeness (QED) is 0.557. The summed E-state index contributed by atoms with van der Waals surface area (Å²) in [6.45, 7) is 2.30. The lowest BCUT2D eigenvalue weighted by Crippen LogP contribution is -2.17. The third-order valence-corrected chi connectivity index (χ3v) is 3.55. The topological polar surface area (TPSA) is 0 Å². The predicted molar refractivity (Wildman–Crippen MR) is 45.0 cm³/mol. The van der Waals surface area contributed by atoms with E-state index in [1.165, 1.54) is 32.1 Å². The van der Waals surface area contributed by atoms with Crippen LogP contribution in [0.5, 0.6) is 0 Å². The Morgan fingerprint density at radius 3 is 2.44 bits per heavy atom. The van der Waals surface area contributed by atoms with E-state index in [1.807, 2.05) is 0 Å². The minimum atomic E-state index is 0.830. The molecule has 0 N–H and O–H groups in total. The number of rotatable bonds is 1. The second-order valence-electron chi connectivity index (χ2n) is 2.97. The van der Waals surface area contributed by atoms with Crippen molar-refractivity contribution in [3.05, 3.63) is 0 Å². The first-order valence-electron chi connectivity index (χ1n) is 3.98. The summed E-state index contributed by atoms with van der Waals surface area (Å²) in [7, 11) is 0. The molecule has 1 aliphatic rings. The van der Waals surface area contributed by atoms with E-state index in [4.69, 9.17) is 0 Å². The van der Waals surface area contributed by atoms with Crippen molar-refractivity contribution in [1.82, 2.24) is 0 Å². The maximum absolute atomic E-state index is 3.71. The van der Waals surface area contributed by atoms with Crippen molar-refractivity contribution < 1.29 is 0 Å². The molecular weight excluding hydrogens is 176 g/mol. The summed E-state index contributed by atoms with van der Waals surface area (Å²) in [6.07, 6.45) is 7.11. The zero-order valence-corrected chi connectivity index (χ0v) is 7.65. The average Bonchev–Trinajstić information content (AvgIpc) is 1.89. The molecule has 0 aromatic rings. The molecule has 0 heterocycles. The van der Waals surface area contributed by atoms with Crippen LogP contribution in [0.25, 0.3) is 0 Å². The second-order valence-corrected chi connectivity index (χ2v) is 4.14. The smallest absolute Gasteiger partial charge is 0.0174 e. The molecule has 0 nitrogen and oxygen atoms in total. The summed E-state index contributed by atoms with van der Waals surface area (Å²) in [5, 5.41) is 0. The van der Waals surface area contributed by atoms with Crippen LogP contribution in [0.4, 0.5) is 0 Å². The molecule has 1 fully saturated rings. The molecule has 0 radical (unpaired) electrons. The minimum absolute atomic E-state index is 0.830. The number of hydrogen-bond donors (Lipinski definition) is 0. The van der Waals surface area contributed by atoms with Crippen LogP contribution in [0.2, 0.25) is 0 Å². The number of alkyl halides is 1. The van der Waals surface area contributed by atoms with Crippen LogP contribution in [-0.2, 0) is 0 Å². The van der Waals surface area contributed by atoms with Gasteiger partial charge in [0, 0.05) is 4.83 Å². The van der Waals surface area contributed by atoms with E-state index in [0.29, 0.717) is 0 Å². The Morgan fingerprint density at radius 2 is 2.00 bits per heavy atom. The van der Waals surface area contributed by atoms with Gasteiger partial charge in [0.2, 0.25) is 0 Å². The zero-order chi connectivity index (χ0) is 6.69. The Hall–Kier alpha value is 0.480. The molecule has 0 unspecified atom stereocenters. The Kier molecular flexibility index (Phi) is 3.03. The molecule has 54 valence electrons. The van der Waals surface area contributed by atoms with Crippen molar-refractivity contribution in [2.75, 3.05) is 0 Å². The Morgan fingerprint density at radius 1 is 1.33 bits per heavy atom. The first kappa shape index (κ1) is 7.59. The van der Waals surface area contributed by atoms with Crippen LogP contribution in [0.3, 0.4) is 0 Å². The van der Waals surface area contributed by atoms with Gasteiger partial charge in [0.05, 0.1) is 0 Å². The van der Waals surface area contributed by atoms with Gasteiger partial charge >= 0.3 is 0 Å². The van der Waals surface area contributed by atoms with Crippen molar-refractivity contribution in [2.24, 2.45) is 5.92 Å². The van der Waals surface area contributed by atoms with Gasteiger partial charge in [-0.05, 0) is 18.8 Å². The molecule has 2 atom stereocenters. The van der Waals surface area contributed by atoms with Gasteiger partial charge in [0.25, 0.3) is 0 Å². The van der Waals surface area contributed by atoms with Crippen LogP contribution >= 0.6 is 15.9 Å². The number of halogens is 1. The summed E-state index contributed by atoms with van der Waals surface area (Å²) in [4.78, 5) is 0.830. The van der Waals surface area contributed by atoms with E-state index >= 15 is 0 Å². The standard InChI is InChI=1S/C8H15Br/c1-2-7-5-3-4-6-8(7)9/h7-8H,2-6H2,1H3/t7-,8-/m0/s1. The fourth-order valence-electron chi connectivity index (χ4n) is 1.62. The van der Waals surface area contributed by atoms with Crippen LogP contribution in [0.15, 0.2) is 0 Å². The van der Waals surface area contributed by atoms with Gasteiger partial charge in [-0.25, -0.2) is 0 Å². The van der Waals surface area contributed by atoms with Crippen molar-refractivity contribution in [3.8, 4) is 0 Å². The molecule has 0 aromatic heterocycles. The highest BCUT2D eigenvalue weighted by Gasteiger charge is 2.20. The van der Waals surface area contributed by atoms with Gasteiger partial charge in [-0.1, -0.05) is 42.1 Å². The summed E-state index contributed by atoms with van der Waals surface area (Å²) in [6, 6.07) is 0. The molecule has 1 saturated carbocycles. The molecule has 0 aromatic carbocycles. The third kappa shape index (κ3) is 1.96. The fourth-order valence-corrected chi connectivity index (χ4v) is 2.58. The van der Waals surface area contributed by atoms with Crippen LogP contribution in [-0.4, -0.2) is 4.83 Å². The summed E-state index contributed by atoms with van der Waals surface area (Å²) >= 11 is 3.71. The molecule has 1 aliphatic carbocycles. The van der Waals surface area contributed by atoms with Crippen molar-refractivity contribution in [2.45, 2.75) is 43.9 Å². The molecule has 0 bridgehead atoms. The maximum atomic E-state index is 3.71. The van der Waals surface area contributed by atoms with E-state index < -0.39 is 0 Å². The Balaban J connectivity index is 2.30. The molecule has 1 rings (SSSR count). The highest BCUT2D eigenvalue weighted by atomic mass is 79.9. The van der Waals surface area contributed by atoms with E-state index in [-0.39, 0.29) is 0 Å². The van der Waals surface area contributed by atoms with Crippen molar-refractivity contribution in [3.63, 3.8) is 0 Å². The average molecular weight is 191 g/mol. The van der Waals surface area contributed by atoms with Gasteiger partial charge < -0.3 is 0 Å². The predicted octanol–water partition coefficient (Wildman–Crippen LogP) is 3.35. The van der Waals surface area contributed by atoms with Gasteiger partial charge in [-0.15, -0.1) is 0 Å². The van der Waals surface area contributed by atoms with Crippen LogP contribution in [0, 0.1) is 5.92 Å². The van der Waals surface area contributed by atoms with Gasteiger partial charge in [0.1, 0.15) is 0 Å². The molecule has 1 heteroatoms. The van der Waals surface area contributed by atoms with Crippen LogP contribution < -0.4 is 0 Å². The van der Waals surface area contributed by atoms with Crippen molar-refractivity contribution >= 4 is 15.9 Å². The summed E-state index contributed by atoms with van der Waals surface area (Å²) in [5.41, 5.74) is 0. The zero-order valence-electron chi connectivity index (χ0n) is 6.07. The van der Waals surface area contributed by atoms with Gasteiger partial charge in [-0.3, -0.25) is 0 Å². The maximum Gasteiger partial charge on any atom is 0.0174 e. The fraction of sp³-hybridized carbons (Fsp3) is 1.00. The Bertz CT molecular complexity index is 80.6. The first-order valence-corrected chi connectivity index (χ1v) is 4.90. The molecule has 0 saturated heterocycles. The van der Waals surface area contributed by atoms with Gasteiger partial charge in [0.15, 0.2) is 0 Å². The SMILES string of the molecule is CC[C@H]1CCCC[C@@H]1Br. The summed E-state index contributed by atoms with van der Waals surface area (Å²) < 4.78 is 0. The third-order valence-electron chi connectivity index (χ3n) is 2.34. The van der Waals surface area contributed by atoms with Gasteiger partial charge in [-0.2, -0.15) is 0 Å². The summed E-state index contributed by atoms with van der Waals surface area (Å²) in [5.74, 6) is 0.971. The number of hydrogen-bond acceptors (Lipinski definition) is 0. The van der Waals surface area contributed by atoms with Crippen molar-refractivity contribution in [1.29, 1.82) is 0 Å². The first-order chi connectivity index (χ1) is 4.34. The lowest BCUT2D eigenvalue weighted by atomic mass is 9.87. The molecular formula is C8H15Br. The molecule has 0 aliphatic heterocycles. The highest BCUT2D eigenvalue weighted by molar-refractivity contribution is 9.09. The van der Waals surface area contributed by atoms with E-state index in [1.54, 1.807) is 0 Å². The molecule has 0 amide bonds. The largest absolute Gasteiger partial charge is 0.0888 e. The Labute approximate surface area is 66.2 Å². The second kappa shape index (κ2) is 3.60. The monoisotopic (exact) mass is 190 g/mol. The lowest BCUT2D eigenvalue weighted by molar-refractivity contribution is 0.366. The van der Waals surface area contributed by atoms with E-state index in [0.717, 1.165) is 10.7 Å². The normalized spacial score (nSPS) is 36.7. The van der Waals surface area contributed by atoms with Crippen LogP contribution in [0.1, 0.15) is 39.0 Å².